The number of hydrogen-bond donors (Lipinski definition) is 1. The maximum absolute atomic E-state index is 12.5. The van der Waals surface area contributed by atoms with Gasteiger partial charge in [-0.2, -0.15) is 13.2 Å². The normalized spacial score (nSPS) is 14.2. The maximum Gasteiger partial charge on any atom is 0.409 e. The number of nitrogens with zero attached hydrogens (tertiary/aromatic N) is 1. The van der Waals surface area contributed by atoms with E-state index in [9.17, 15) is 13.2 Å². The van der Waals surface area contributed by atoms with Gasteiger partial charge in [-0.25, -0.2) is 4.98 Å². The molecule has 0 radical (unpaired) electrons. The summed E-state index contributed by atoms with van der Waals surface area (Å²) in [4.78, 5) is 10.2. The third-order valence-electron chi connectivity index (χ3n) is 7.71. The summed E-state index contributed by atoms with van der Waals surface area (Å²) < 4.78 is 37.5. The summed E-state index contributed by atoms with van der Waals surface area (Å²) >= 11 is 3.49. The summed E-state index contributed by atoms with van der Waals surface area (Å²) in [7, 11) is 0. The molecule has 0 bridgehead atoms. The zero-order valence-electron chi connectivity index (χ0n) is 28.1. The molecule has 2 atom stereocenters. The molecule has 1 N–H and O–H groups in total. The van der Waals surface area contributed by atoms with Gasteiger partial charge in [0.05, 0.1) is 0 Å². The molecule has 3 aromatic rings. The molecule has 0 aliphatic rings. The van der Waals surface area contributed by atoms with Crippen LogP contribution in [0.25, 0.3) is 0 Å². The van der Waals surface area contributed by atoms with E-state index in [2.05, 4.69) is 102 Å². The van der Waals surface area contributed by atoms with Crippen LogP contribution in [0.1, 0.15) is 123 Å². The SMILES string of the molecule is CC(C)(C)c1sccc1B(CCC=CC(F)(F)F)c1ccsc1C(C)(C)C.CCC(CCC(C)CC(C)C)c1ncc[nH]1. The van der Waals surface area contributed by atoms with Crippen molar-refractivity contribution in [2.75, 3.05) is 0 Å². The number of halogens is 3. The van der Waals surface area contributed by atoms with Crippen LogP contribution < -0.4 is 10.9 Å². The number of aromatic amines is 1. The van der Waals surface area contributed by atoms with Gasteiger partial charge in [0.25, 0.3) is 0 Å². The van der Waals surface area contributed by atoms with Gasteiger partial charge in [-0.05, 0) is 59.1 Å². The lowest BCUT2D eigenvalue weighted by atomic mass is 9.37. The molecule has 3 aromatic heterocycles. The van der Waals surface area contributed by atoms with Gasteiger partial charge in [-0.1, -0.05) is 111 Å². The molecule has 8 heteroatoms. The molecule has 0 aromatic carbocycles. The molecule has 240 valence electrons. The second-order valence-corrected chi connectivity index (χ2v) is 16.2. The summed E-state index contributed by atoms with van der Waals surface area (Å²) in [6.45, 7) is 22.5. The van der Waals surface area contributed by atoms with Crippen molar-refractivity contribution in [1.29, 1.82) is 0 Å². The number of allylic oxidation sites excluding steroid dienone is 2. The number of nitrogens with one attached hydrogen (secondary N) is 1. The quantitative estimate of drug-likeness (QED) is 0.156. The van der Waals surface area contributed by atoms with Gasteiger partial charge in [0.15, 0.2) is 0 Å². The molecule has 0 saturated carbocycles. The van der Waals surface area contributed by atoms with Crippen molar-refractivity contribution in [2.45, 2.75) is 131 Å². The van der Waals surface area contributed by atoms with Gasteiger partial charge in [0.2, 0.25) is 6.71 Å². The van der Waals surface area contributed by atoms with Crippen molar-refractivity contribution in [2.24, 2.45) is 11.8 Å². The Morgan fingerprint density at radius 1 is 0.907 bits per heavy atom. The Balaban J connectivity index is 0.000000344. The topological polar surface area (TPSA) is 28.7 Å². The monoisotopic (exact) mass is 634 g/mol. The fourth-order valence-electron chi connectivity index (χ4n) is 5.81. The Morgan fingerprint density at radius 3 is 1.88 bits per heavy atom. The number of aromatic nitrogens is 2. The average Bonchev–Trinajstić information content (AvgIpc) is 3.64. The Hall–Kier alpha value is -1.80. The first kappa shape index (κ1) is 37.4. The maximum atomic E-state index is 12.5. The van der Waals surface area contributed by atoms with Crippen molar-refractivity contribution in [3.63, 3.8) is 0 Å². The van der Waals surface area contributed by atoms with Gasteiger partial charge in [0.1, 0.15) is 5.82 Å². The first-order valence-corrected chi connectivity index (χ1v) is 17.6. The van der Waals surface area contributed by atoms with Gasteiger partial charge in [-0.15, -0.1) is 22.7 Å². The number of imidazole rings is 1. The highest BCUT2D eigenvalue weighted by atomic mass is 32.1. The summed E-state index contributed by atoms with van der Waals surface area (Å²) in [6.07, 6.45) is 7.35. The lowest BCUT2D eigenvalue weighted by Crippen LogP contribution is -2.46. The van der Waals surface area contributed by atoms with E-state index in [1.54, 1.807) is 22.7 Å². The van der Waals surface area contributed by atoms with Crippen LogP contribution in [-0.2, 0) is 10.8 Å². The molecule has 0 saturated heterocycles. The first-order chi connectivity index (χ1) is 19.9. The van der Waals surface area contributed by atoms with E-state index < -0.39 is 6.18 Å². The van der Waals surface area contributed by atoms with Crippen LogP contribution >= 0.6 is 22.7 Å². The molecule has 2 unspecified atom stereocenters. The van der Waals surface area contributed by atoms with Crippen LogP contribution in [0.15, 0.2) is 47.4 Å². The van der Waals surface area contributed by atoms with Crippen molar-refractivity contribution in [3.05, 3.63) is 63.0 Å². The van der Waals surface area contributed by atoms with E-state index in [0.29, 0.717) is 24.7 Å². The van der Waals surface area contributed by atoms with Crippen LogP contribution in [0.5, 0.6) is 0 Å². The smallest absolute Gasteiger partial charge is 0.348 e. The van der Waals surface area contributed by atoms with E-state index in [-0.39, 0.29) is 17.5 Å². The molecular weight excluding hydrogens is 580 g/mol. The number of hydrogen-bond acceptors (Lipinski definition) is 3. The third-order valence-corrected chi connectivity index (χ3v) is 10.4. The Bertz CT molecular complexity index is 1160. The minimum Gasteiger partial charge on any atom is -0.348 e. The third kappa shape index (κ3) is 12.6. The minimum absolute atomic E-state index is 0.0154. The number of H-pyrrole nitrogens is 1. The highest BCUT2D eigenvalue weighted by Gasteiger charge is 2.32. The zero-order chi connectivity index (χ0) is 32.4. The second kappa shape index (κ2) is 16.5. The lowest BCUT2D eigenvalue weighted by molar-refractivity contribution is -0.0800. The largest absolute Gasteiger partial charge is 0.409 e. The van der Waals surface area contributed by atoms with E-state index in [0.717, 1.165) is 11.8 Å². The highest BCUT2D eigenvalue weighted by Crippen LogP contribution is 2.30. The molecule has 0 aliphatic heterocycles. The molecule has 3 heterocycles. The van der Waals surface area contributed by atoms with E-state index in [1.807, 2.05) is 12.4 Å². The Labute approximate surface area is 268 Å². The molecule has 2 nitrogen and oxygen atoms in total. The Kier molecular flexibility index (Phi) is 14.3. The van der Waals surface area contributed by atoms with Crippen molar-refractivity contribution < 1.29 is 13.2 Å². The molecule has 43 heavy (non-hydrogen) atoms. The van der Waals surface area contributed by atoms with E-state index in [4.69, 9.17) is 0 Å². The van der Waals surface area contributed by atoms with Crippen LogP contribution in [0.3, 0.4) is 0 Å². The summed E-state index contributed by atoms with van der Waals surface area (Å²) in [6, 6.07) is 4.32. The number of thiophene rings is 2. The highest BCUT2D eigenvalue weighted by molar-refractivity contribution is 7.14. The molecule has 3 rings (SSSR count). The van der Waals surface area contributed by atoms with Gasteiger partial charge in [0, 0.05) is 34.1 Å². The van der Waals surface area contributed by atoms with Crippen LogP contribution in [0.4, 0.5) is 13.2 Å². The predicted molar refractivity (Wildman–Crippen MR) is 185 cm³/mol. The van der Waals surface area contributed by atoms with Gasteiger partial charge in [-0.3, -0.25) is 0 Å². The minimum atomic E-state index is -4.24. The second-order valence-electron chi connectivity index (χ2n) is 14.4. The number of rotatable bonds is 12. The molecular formula is C35H54BF3N2S2. The van der Waals surface area contributed by atoms with E-state index >= 15 is 0 Å². The standard InChI is InChI=1S/C21H28BF3S2.C14H26N2/c1-19(2,3)17-15(9-13-26-17)22(12-8-7-11-21(23,24)25)16-10-14-27-18(16)20(4,5)6;1-5-13(14-15-8-9-16-14)7-6-12(4)10-11(2)3/h7,9-11,13-14H,8,12H2,1-6H3;8-9,11-13H,5-7,10H2,1-4H3,(H,15,16). The summed E-state index contributed by atoms with van der Waals surface area (Å²) in [5, 5.41) is 4.22. The number of alkyl halides is 3. The lowest BCUT2D eigenvalue weighted by Gasteiger charge is -2.26. The fourth-order valence-corrected chi connectivity index (χ4v) is 7.91. The van der Waals surface area contributed by atoms with Crippen molar-refractivity contribution in [3.8, 4) is 0 Å². The van der Waals surface area contributed by atoms with E-state index in [1.165, 1.54) is 58.3 Å². The molecule has 0 fully saturated rings. The van der Waals surface area contributed by atoms with Gasteiger partial charge < -0.3 is 4.98 Å². The summed E-state index contributed by atoms with van der Waals surface area (Å²) in [5.41, 5.74) is 2.55. The first-order valence-electron chi connectivity index (χ1n) is 15.8. The molecule has 0 spiro atoms. The van der Waals surface area contributed by atoms with Crippen LogP contribution in [0, 0.1) is 11.8 Å². The molecule has 0 aliphatic carbocycles. The zero-order valence-corrected chi connectivity index (χ0v) is 29.7. The predicted octanol–water partition coefficient (Wildman–Crippen LogP) is 10.9. The van der Waals surface area contributed by atoms with Crippen LogP contribution in [-0.4, -0.2) is 22.9 Å². The molecule has 0 amide bonds. The van der Waals surface area contributed by atoms with Gasteiger partial charge >= 0.3 is 6.18 Å². The average molecular weight is 635 g/mol. The van der Waals surface area contributed by atoms with Crippen molar-refractivity contribution in [1.82, 2.24) is 9.97 Å². The van der Waals surface area contributed by atoms with Crippen LogP contribution in [0.2, 0.25) is 6.32 Å². The summed E-state index contributed by atoms with van der Waals surface area (Å²) in [5.74, 6) is 3.44. The fraction of sp³-hybridized carbons (Fsp3) is 0.629. The Morgan fingerprint density at radius 2 is 1.47 bits per heavy atom. The van der Waals surface area contributed by atoms with Crippen molar-refractivity contribution >= 4 is 40.3 Å².